The Labute approximate surface area is 229 Å². The van der Waals surface area contributed by atoms with Gasteiger partial charge in [0.05, 0.1) is 17.1 Å². The minimum Gasteiger partial charge on any atom is -0.351 e. The second kappa shape index (κ2) is 11.0. The van der Waals surface area contributed by atoms with Gasteiger partial charge < -0.3 is 11.1 Å². The third-order valence-corrected chi connectivity index (χ3v) is 7.65. The second-order valence-electron chi connectivity index (χ2n) is 9.92. The third kappa shape index (κ3) is 5.19. The molecule has 4 aromatic rings. The van der Waals surface area contributed by atoms with Crippen molar-refractivity contribution in [2.24, 2.45) is 5.73 Å². The van der Waals surface area contributed by atoms with Crippen molar-refractivity contribution in [2.75, 3.05) is 11.9 Å². The molecule has 3 N–H and O–H groups in total. The molecule has 196 valence electrons. The highest BCUT2D eigenvalue weighted by atomic mass is 35.5. The van der Waals surface area contributed by atoms with E-state index in [1.165, 1.54) is 33.5 Å². The van der Waals surface area contributed by atoms with Crippen LogP contribution in [-0.2, 0) is 32.4 Å². The van der Waals surface area contributed by atoms with E-state index in [1.807, 2.05) is 36.4 Å². The molecular formula is C31H34ClN5O. The van der Waals surface area contributed by atoms with Gasteiger partial charge in [-0.15, -0.1) is 0 Å². The van der Waals surface area contributed by atoms with Gasteiger partial charge >= 0.3 is 6.03 Å². The number of nitrogens with one attached hydrogen (secondary N) is 1. The fourth-order valence-electron chi connectivity index (χ4n) is 5.44. The number of aromatic nitrogens is 2. The number of anilines is 1. The fourth-order valence-corrected chi connectivity index (χ4v) is 5.67. The molecule has 0 aliphatic carbocycles. The number of hydrogen-bond acceptors (Lipinski definition) is 3. The molecule has 1 aliphatic heterocycles. The molecule has 0 radical (unpaired) electrons. The number of amides is 2. The first kappa shape index (κ1) is 26.0. The summed E-state index contributed by atoms with van der Waals surface area (Å²) in [6.45, 7) is 9.13. The van der Waals surface area contributed by atoms with Crippen molar-refractivity contribution in [1.29, 1.82) is 0 Å². The summed E-state index contributed by atoms with van der Waals surface area (Å²) in [6, 6.07) is 20.0. The molecule has 5 rings (SSSR count). The van der Waals surface area contributed by atoms with Gasteiger partial charge in [0, 0.05) is 47.9 Å². The van der Waals surface area contributed by atoms with Crippen LogP contribution in [0.5, 0.6) is 0 Å². The number of primary amides is 1. The molecule has 2 heterocycles. The van der Waals surface area contributed by atoms with Crippen LogP contribution in [0.15, 0.2) is 60.7 Å². The van der Waals surface area contributed by atoms with Gasteiger partial charge in [-0.2, -0.15) is 5.10 Å². The second-order valence-corrected chi connectivity index (χ2v) is 10.4. The Bertz CT molecular complexity index is 1450. The number of carbonyl (C=O) groups is 1. The quantitative estimate of drug-likeness (QED) is 0.281. The van der Waals surface area contributed by atoms with E-state index < -0.39 is 6.03 Å². The van der Waals surface area contributed by atoms with Gasteiger partial charge in [0.2, 0.25) is 0 Å². The van der Waals surface area contributed by atoms with E-state index >= 15 is 0 Å². The van der Waals surface area contributed by atoms with Gasteiger partial charge in [-0.05, 0) is 66.3 Å². The van der Waals surface area contributed by atoms with E-state index in [9.17, 15) is 4.79 Å². The molecule has 1 aliphatic rings. The van der Waals surface area contributed by atoms with Crippen molar-refractivity contribution in [3.8, 4) is 16.9 Å². The van der Waals surface area contributed by atoms with Crippen molar-refractivity contribution in [3.05, 3.63) is 99.2 Å². The topological polar surface area (TPSA) is 76.2 Å². The Morgan fingerprint density at radius 1 is 1.03 bits per heavy atom. The maximum absolute atomic E-state index is 11.4. The van der Waals surface area contributed by atoms with E-state index in [0.717, 1.165) is 60.9 Å². The smallest absolute Gasteiger partial charge is 0.316 e. The molecule has 3 aromatic carbocycles. The summed E-state index contributed by atoms with van der Waals surface area (Å²) < 4.78 is 2.18. The molecule has 1 aromatic heterocycles. The van der Waals surface area contributed by atoms with E-state index in [4.69, 9.17) is 22.4 Å². The van der Waals surface area contributed by atoms with Crippen LogP contribution < -0.4 is 11.1 Å². The zero-order chi connectivity index (χ0) is 26.8. The number of rotatable bonds is 7. The molecule has 0 bridgehead atoms. The number of aryl methyl sites for hydroxylation is 3. The molecule has 0 unspecified atom stereocenters. The first-order chi connectivity index (χ1) is 18.4. The zero-order valence-corrected chi connectivity index (χ0v) is 23.0. The number of hydrogen-bond donors (Lipinski definition) is 2. The highest BCUT2D eigenvalue weighted by Gasteiger charge is 2.28. The Balaban J connectivity index is 1.61. The molecule has 0 atom stereocenters. The summed E-state index contributed by atoms with van der Waals surface area (Å²) in [6.07, 6.45) is 2.74. The number of halogens is 1. The highest BCUT2D eigenvalue weighted by molar-refractivity contribution is 6.30. The van der Waals surface area contributed by atoms with Crippen LogP contribution >= 0.6 is 11.6 Å². The van der Waals surface area contributed by atoms with Crippen molar-refractivity contribution >= 4 is 23.3 Å². The lowest BCUT2D eigenvalue weighted by atomic mass is 9.98. The molecule has 2 amide bonds. The monoisotopic (exact) mass is 527 g/mol. The first-order valence-electron chi connectivity index (χ1n) is 13.2. The van der Waals surface area contributed by atoms with Gasteiger partial charge in [0.25, 0.3) is 0 Å². The average Bonchev–Trinajstić information content (AvgIpc) is 3.28. The van der Waals surface area contributed by atoms with Crippen LogP contribution in [0, 0.1) is 6.92 Å². The van der Waals surface area contributed by atoms with Crippen molar-refractivity contribution < 1.29 is 4.79 Å². The number of carbonyl (C=O) groups excluding carboxylic acids is 1. The van der Waals surface area contributed by atoms with Gasteiger partial charge in [0.15, 0.2) is 0 Å². The summed E-state index contributed by atoms with van der Waals surface area (Å²) >= 11 is 6.21. The Morgan fingerprint density at radius 2 is 1.74 bits per heavy atom. The standard InChI is InChI=1S/C31H34ClN5O/c1-4-21-7-6-8-22(5-2)29(21)37-30(23-10-13-26(14-11-23)34-31(33)38)27-19-36(16-15-28(27)35-37)18-24-9-12-25(32)17-20(24)3/h6-14,17H,4-5,15-16,18-19H2,1-3H3,(H3,33,34,38). The molecule has 0 saturated heterocycles. The number of nitrogens with two attached hydrogens (primary N) is 1. The summed E-state index contributed by atoms with van der Waals surface area (Å²) in [5, 5.41) is 8.67. The lowest BCUT2D eigenvalue weighted by molar-refractivity contribution is 0.244. The lowest BCUT2D eigenvalue weighted by Gasteiger charge is -2.27. The summed E-state index contributed by atoms with van der Waals surface area (Å²) in [5.41, 5.74) is 16.8. The summed E-state index contributed by atoms with van der Waals surface area (Å²) in [4.78, 5) is 13.9. The lowest BCUT2D eigenvalue weighted by Crippen LogP contribution is -2.30. The molecule has 0 saturated carbocycles. The van der Waals surface area contributed by atoms with Crippen LogP contribution in [0.25, 0.3) is 16.9 Å². The minimum atomic E-state index is -0.572. The molecule has 38 heavy (non-hydrogen) atoms. The molecule has 7 heteroatoms. The van der Waals surface area contributed by atoms with Crippen LogP contribution in [0.4, 0.5) is 10.5 Å². The highest BCUT2D eigenvalue weighted by Crippen LogP contribution is 2.36. The molecule has 0 fully saturated rings. The van der Waals surface area contributed by atoms with E-state index in [2.05, 4.69) is 59.9 Å². The van der Waals surface area contributed by atoms with Gasteiger partial charge in [-0.25, -0.2) is 9.48 Å². The number of para-hydroxylation sites is 1. The van der Waals surface area contributed by atoms with Crippen LogP contribution in [-0.4, -0.2) is 27.3 Å². The van der Waals surface area contributed by atoms with E-state index in [0.29, 0.717) is 5.69 Å². The van der Waals surface area contributed by atoms with Gasteiger partial charge in [-0.1, -0.05) is 61.8 Å². The van der Waals surface area contributed by atoms with Crippen LogP contribution in [0.2, 0.25) is 5.02 Å². The minimum absolute atomic E-state index is 0.572. The third-order valence-electron chi connectivity index (χ3n) is 7.41. The van der Waals surface area contributed by atoms with Crippen molar-refractivity contribution in [2.45, 2.75) is 53.1 Å². The number of urea groups is 1. The fraction of sp³-hybridized carbons (Fsp3) is 0.290. The van der Waals surface area contributed by atoms with Gasteiger partial charge in [0.1, 0.15) is 0 Å². The Hall–Kier alpha value is -3.61. The largest absolute Gasteiger partial charge is 0.351 e. The van der Waals surface area contributed by atoms with Gasteiger partial charge in [-0.3, -0.25) is 4.90 Å². The molecule has 0 spiro atoms. The zero-order valence-electron chi connectivity index (χ0n) is 22.2. The number of fused-ring (bicyclic) bond motifs is 1. The molecular weight excluding hydrogens is 494 g/mol. The van der Waals surface area contributed by atoms with Crippen LogP contribution in [0.1, 0.15) is 47.4 Å². The summed E-state index contributed by atoms with van der Waals surface area (Å²) in [5.74, 6) is 0. The maximum Gasteiger partial charge on any atom is 0.316 e. The Kier molecular flexibility index (Phi) is 7.54. The maximum atomic E-state index is 11.4. The Morgan fingerprint density at radius 3 is 2.37 bits per heavy atom. The van der Waals surface area contributed by atoms with Crippen molar-refractivity contribution in [1.82, 2.24) is 14.7 Å². The van der Waals surface area contributed by atoms with E-state index in [-0.39, 0.29) is 0 Å². The normalized spacial score (nSPS) is 13.4. The number of nitrogens with zero attached hydrogens (tertiary/aromatic N) is 3. The predicted octanol–water partition coefficient (Wildman–Crippen LogP) is 6.67. The first-order valence-corrected chi connectivity index (χ1v) is 13.6. The molecule has 6 nitrogen and oxygen atoms in total. The van der Waals surface area contributed by atoms with Crippen LogP contribution in [0.3, 0.4) is 0 Å². The van der Waals surface area contributed by atoms with Crippen molar-refractivity contribution in [3.63, 3.8) is 0 Å². The SMILES string of the molecule is CCc1cccc(CC)c1-n1nc2c(c1-c1ccc(NC(N)=O)cc1)CN(Cc1ccc(Cl)cc1C)CC2. The number of benzene rings is 3. The van der Waals surface area contributed by atoms with E-state index in [1.54, 1.807) is 0 Å². The summed E-state index contributed by atoms with van der Waals surface area (Å²) in [7, 11) is 0. The average molecular weight is 528 g/mol. The predicted molar refractivity (Wildman–Crippen MR) is 155 cm³/mol.